The van der Waals surface area contributed by atoms with Crippen molar-refractivity contribution in [1.29, 1.82) is 0 Å². The van der Waals surface area contributed by atoms with Gasteiger partial charge >= 0.3 is 0 Å². The van der Waals surface area contributed by atoms with E-state index in [1.165, 1.54) is 23.5 Å². The number of amides is 1. The van der Waals surface area contributed by atoms with Crippen LogP contribution in [-0.4, -0.2) is 22.4 Å². The third-order valence-corrected chi connectivity index (χ3v) is 4.70. The minimum Gasteiger partial charge on any atom is -0.355 e. The van der Waals surface area contributed by atoms with Crippen LogP contribution in [0.15, 0.2) is 60.0 Å². The van der Waals surface area contributed by atoms with Crippen LogP contribution >= 0.6 is 11.3 Å². The lowest BCUT2D eigenvalue weighted by Gasteiger charge is -2.04. The lowest BCUT2D eigenvalue weighted by Crippen LogP contribution is -2.27. The lowest BCUT2D eigenvalue weighted by atomic mass is 10.1. The molecule has 132 valence electrons. The van der Waals surface area contributed by atoms with Gasteiger partial charge in [0.2, 0.25) is 5.91 Å². The molecule has 1 amide bonds. The molecular weight excluding hydrogens is 350 g/mol. The van der Waals surface area contributed by atoms with Crippen molar-refractivity contribution < 1.29 is 9.72 Å². The van der Waals surface area contributed by atoms with Crippen LogP contribution in [0.2, 0.25) is 0 Å². The predicted molar refractivity (Wildman–Crippen MR) is 101 cm³/mol. The first kappa shape index (κ1) is 17.8. The highest BCUT2D eigenvalue weighted by atomic mass is 32.1. The SMILES string of the molecule is O=C(Cc1ccccc1)NCCc1nc(-c2ccc([N+](=O)[O-])cc2)cs1. The number of rotatable bonds is 7. The first-order chi connectivity index (χ1) is 12.6. The summed E-state index contributed by atoms with van der Waals surface area (Å²) in [5.41, 5.74) is 2.67. The summed E-state index contributed by atoms with van der Waals surface area (Å²) in [6.45, 7) is 0.527. The normalized spacial score (nSPS) is 10.5. The number of nitro groups is 1. The highest BCUT2D eigenvalue weighted by molar-refractivity contribution is 7.09. The zero-order chi connectivity index (χ0) is 18.4. The third-order valence-electron chi connectivity index (χ3n) is 3.79. The first-order valence-corrected chi connectivity index (χ1v) is 8.99. The van der Waals surface area contributed by atoms with Gasteiger partial charge in [-0.1, -0.05) is 30.3 Å². The van der Waals surface area contributed by atoms with E-state index in [0.29, 0.717) is 19.4 Å². The number of aromatic nitrogens is 1. The number of nitrogens with one attached hydrogen (secondary N) is 1. The van der Waals surface area contributed by atoms with E-state index in [1.807, 2.05) is 35.7 Å². The number of non-ortho nitro benzene ring substituents is 1. The Balaban J connectivity index is 1.50. The van der Waals surface area contributed by atoms with Crippen LogP contribution in [0.5, 0.6) is 0 Å². The van der Waals surface area contributed by atoms with Crippen LogP contribution in [0.3, 0.4) is 0 Å². The van der Waals surface area contributed by atoms with Crippen LogP contribution < -0.4 is 5.32 Å². The summed E-state index contributed by atoms with van der Waals surface area (Å²) >= 11 is 1.51. The zero-order valence-corrected chi connectivity index (χ0v) is 14.7. The third kappa shape index (κ3) is 4.73. The number of nitro benzene ring substituents is 1. The zero-order valence-electron chi connectivity index (χ0n) is 13.9. The summed E-state index contributed by atoms with van der Waals surface area (Å²) in [5, 5.41) is 16.4. The molecule has 26 heavy (non-hydrogen) atoms. The van der Waals surface area contributed by atoms with Gasteiger partial charge in [-0.15, -0.1) is 11.3 Å². The van der Waals surface area contributed by atoms with E-state index >= 15 is 0 Å². The fraction of sp³-hybridized carbons (Fsp3) is 0.158. The Kier molecular flexibility index (Phi) is 5.70. The molecule has 0 unspecified atom stereocenters. The van der Waals surface area contributed by atoms with Crippen molar-refractivity contribution in [1.82, 2.24) is 10.3 Å². The molecule has 0 saturated carbocycles. The molecule has 0 aliphatic rings. The minimum absolute atomic E-state index is 0.0108. The number of thiazole rings is 1. The smallest absolute Gasteiger partial charge is 0.269 e. The molecule has 0 fully saturated rings. The molecule has 6 nitrogen and oxygen atoms in total. The summed E-state index contributed by atoms with van der Waals surface area (Å²) in [4.78, 5) is 26.7. The van der Waals surface area contributed by atoms with Gasteiger partial charge in [0.15, 0.2) is 0 Å². The van der Waals surface area contributed by atoms with E-state index in [1.54, 1.807) is 12.1 Å². The Labute approximate surface area is 154 Å². The van der Waals surface area contributed by atoms with Gasteiger partial charge in [0, 0.05) is 36.0 Å². The van der Waals surface area contributed by atoms with Crippen molar-refractivity contribution in [3.63, 3.8) is 0 Å². The predicted octanol–water partition coefficient (Wildman–Crippen LogP) is 3.62. The van der Waals surface area contributed by atoms with Crippen molar-refractivity contribution in [2.45, 2.75) is 12.8 Å². The summed E-state index contributed by atoms with van der Waals surface area (Å²) in [7, 11) is 0. The number of carbonyl (C=O) groups is 1. The Bertz CT molecular complexity index is 892. The van der Waals surface area contributed by atoms with E-state index in [0.717, 1.165) is 21.8 Å². The topological polar surface area (TPSA) is 85.1 Å². The average molecular weight is 367 g/mol. The molecule has 0 radical (unpaired) electrons. The van der Waals surface area contributed by atoms with E-state index in [4.69, 9.17) is 0 Å². The second-order valence-electron chi connectivity index (χ2n) is 5.69. The molecule has 3 rings (SSSR count). The van der Waals surface area contributed by atoms with Crippen LogP contribution in [0.4, 0.5) is 5.69 Å². The molecule has 0 spiro atoms. The van der Waals surface area contributed by atoms with Crippen LogP contribution in [0, 0.1) is 10.1 Å². The maximum Gasteiger partial charge on any atom is 0.269 e. The van der Waals surface area contributed by atoms with Gasteiger partial charge in [-0.25, -0.2) is 4.98 Å². The molecule has 1 aromatic heterocycles. The molecule has 0 saturated heterocycles. The lowest BCUT2D eigenvalue weighted by molar-refractivity contribution is -0.384. The summed E-state index contributed by atoms with van der Waals surface area (Å²) < 4.78 is 0. The summed E-state index contributed by atoms with van der Waals surface area (Å²) in [6.07, 6.45) is 1.02. The van der Waals surface area contributed by atoms with Crippen molar-refractivity contribution in [2.75, 3.05) is 6.54 Å². The van der Waals surface area contributed by atoms with Gasteiger partial charge in [0.05, 0.1) is 22.0 Å². The second kappa shape index (κ2) is 8.35. The highest BCUT2D eigenvalue weighted by Gasteiger charge is 2.09. The molecule has 7 heteroatoms. The van der Waals surface area contributed by atoms with E-state index in [9.17, 15) is 14.9 Å². The van der Waals surface area contributed by atoms with E-state index < -0.39 is 4.92 Å². The molecule has 3 aromatic rings. The molecule has 0 atom stereocenters. The fourth-order valence-electron chi connectivity index (χ4n) is 2.46. The van der Waals surface area contributed by atoms with Gasteiger partial charge < -0.3 is 5.32 Å². The van der Waals surface area contributed by atoms with Crippen molar-refractivity contribution in [3.05, 3.63) is 80.7 Å². The number of benzene rings is 2. The highest BCUT2D eigenvalue weighted by Crippen LogP contribution is 2.24. The molecule has 2 aromatic carbocycles. The van der Waals surface area contributed by atoms with E-state index in [-0.39, 0.29) is 11.6 Å². The molecule has 1 N–H and O–H groups in total. The Hall–Kier alpha value is -3.06. The van der Waals surface area contributed by atoms with Gasteiger partial charge in [-0.2, -0.15) is 0 Å². The number of nitrogens with zero attached hydrogens (tertiary/aromatic N) is 2. The van der Waals surface area contributed by atoms with Crippen molar-refractivity contribution in [3.8, 4) is 11.3 Å². The van der Waals surface area contributed by atoms with Crippen LogP contribution in [-0.2, 0) is 17.6 Å². The largest absolute Gasteiger partial charge is 0.355 e. The molecule has 0 aliphatic heterocycles. The maximum atomic E-state index is 11.9. The number of carbonyl (C=O) groups excluding carboxylic acids is 1. The minimum atomic E-state index is -0.422. The van der Waals surface area contributed by atoms with Gasteiger partial charge in [0.25, 0.3) is 5.69 Å². The monoisotopic (exact) mass is 367 g/mol. The molecule has 1 heterocycles. The fourth-order valence-corrected chi connectivity index (χ4v) is 3.27. The van der Waals surface area contributed by atoms with Gasteiger partial charge in [-0.3, -0.25) is 14.9 Å². The van der Waals surface area contributed by atoms with Crippen molar-refractivity contribution >= 4 is 22.9 Å². The second-order valence-corrected chi connectivity index (χ2v) is 6.64. The molecular formula is C19H17N3O3S. The van der Waals surface area contributed by atoms with Gasteiger partial charge in [-0.05, 0) is 17.7 Å². The van der Waals surface area contributed by atoms with Crippen LogP contribution in [0.1, 0.15) is 10.6 Å². The Morgan fingerprint density at radius 1 is 1.12 bits per heavy atom. The number of hydrogen-bond donors (Lipinski definition) is 1. The van der Waals surface area contributed by atoms with Crippen molar-refractivity contribution in [2.24, 2.45) is 0 Å². The molecule has 0 bridgehead atoms. The standard InChI is InChI=1S/C19H17N3O3S/c23-18(12-14-4-2-1-3-5-14)20-11-10-19-21-17(13-26-19)15-6-8-16(9-7-15)22(24)25/h1-9,13H,10-12H2,(H,20,23). The quantitative estimate of drug-likeness (QED) is 0.510. The summed E-state index contributed by atoms with van der Waals surface area (Å²) in [5.74, 6) is -0.0108. The summed E-state index contributed by atoms with van der Waals surface area (Å²) in [6, 6.07) is 15.9. The van der Waals surface area contributed by atoms with E-state index in [2.05, 4.69) is 10.3 Å². The Morgan fingerprint density at radius 2 is 1.85 bits per heavy atom. The Morgan fingerprint density at radius 3 is 2.54 bits per heavy atom. The first-order valence-electron chi connectivity index (χ1n) is 8.11. The van der Waals surface area contributed by atoms with Crippen LogP contribution in [0.25, 0.3) is 11.3 Å². The number of hydrogen-bond acceptors (Lipinski definition) is 5. The van der Waals surface area contributed by atoms with Gasteiger partial charge in [0.1, 0.15) is 0 Å². The molecule has 0 aliphatic carbocycles. The average Bonchev–Trinajstić information content (AvgIpc) is 3.11. The maximum absolute atomic E-state index is 11.9.